The summed E-state index contributed by atoms with van der Waals surface area (Å²) in [5, 5.41) is 9.67. The van der Waals surface area contributed by atoms with Gasteiger partial charge in [0.25, 0.3) is 0 Å². The van der Waals surface area contributed by atoms with E-state index in [1.807, 2.05) is 6.92 Å². The molecule has 2 unspecified atom stereocenters. The van der Waals surface area contributed by atoms with Gasteiger partial charge >= 0.3 is 5.97 Å². The van der Waals surface area contributed by atoms with Crippen molar-refractivity contribution in [2.75, 3.05) is 6.54 Å². The van der Waals surface area contributed by atoms with E-state index < -0.39 is 11.5 Å². The van der Waals surface area contributed by atoms with Gasteiger partial charge in [-0.25, -0.2) is 0 Å². The van der Waals surface area contributed by atoms with Gasteiger partial charge in [0.05, 0.1) is 0 Å². The van der Waals surface area contributed by atoms with Crippen LogP contribution in [-0.2, 0) is 11.2 Å². The summed E-state index contributed by atoms with van der Waals surface area (Å²) in [6, 6.07) is 6.67. The Kier molecular flexibility index (Phi) is 3.63. The number of aliphatic carboxylic acids is 1. The normalized spacial score (nSPS) is 30.2. The Balaban J connectivity index is 1.95. The van der Waals surface area contributed by atoms with Gasteiger partial charge in [-0.15, -0.1) is 0 Å². The maximum absolute atomic E-state index is 11.8. The van der Waals surface area contributed by atoms with Gasteiger partial charge in [-0.1, -0.05) is 22.0 Å². The van der Waals surface area contributed by atoms with Crippen LogP contribution in [0.2, 0.25) is 0 Å². The SMILES string of the molecule is CC1(C(=O)O)CCCCN1C1CCc2cc(Br)ccc21. The fraction of sp³-hybridized carbons (Fsp3) is 0.562. The predicted octanol–water partition coefficient (Wildman–Crippen LogP) is 3.77. The van der Waals surface area contributed by atoms with E-state index in [2.05, 4.69) is 39.0 Å². The van der Waals surface area contributed by atoms with Gasteiger partial charge in [-0.2, -0.15) is 0 Å². The van der Waals surface area contributed by atoms with Gasteiger partial charge in [-0.3, -0.25) is 9.69 Å². The number of hydrogen-bond acceptors (Lipinski definition) is 2. The molecule has 3 nitrogen and oxygen atoms in total. The first-order valence-corrected chi connectivity index (χ1v) is 8.10. The third-order valence-corrected chi connectivity index (χ3v) is 5.43. The van der Waals surface area contributed by atoms with E-state index in [4.69, 9.17) is 0 Å². The van der Waals surface area contributed by atoms with Gasteiger partial charge in [0.1, 0.15) is 5.54 Å². The van der Waals surface area contributed by atoms with E-state index >= 15 is 0 Å². The summed E-state index contributed by atoms with van der Waals surface area (Å²) >= 11 is 3.52. The second kappa shape index (κ2) is 5.15. The summed E-state index contributed by atoms with van der Waals surface area (Å²) < 4.78 is 1.11. The second-order valence-corrected chi connectivity index (χ2v) is 7.04. The van der Waals surface area contributed by atoms with Crippen molar-refractivity contribution in [2.24, 2.45) is 0 Å². The van der Waals surface area contributed by atoms with Crippen LogP contribution in [0.3, 0.4) is 0 Å². The quantitative estimate of drug-likeness (QED) is 0.892. The van der Waals surface area contributed by atoms with E-state index in [0.29, 0.717) is 0 Å². The number of hydrogen-bond donors (Lipinski definition) is 1. The molecule has 4 heteroatoms. The second-order valence-electron chi connectivity index (χ2n) is 6.13. The topological polar surface area (TPSA) is 40.5 Å². The van der Waals surface area contributed by atoms with Gasteiger partial charge in [0.2, 0.25) is 0 Å². The highest BCUT2D eigenvalue weighted by molar-refractivity contribution is 9.10. The highest BCUT2D eigenvalue weighted by Gasteiger charge is 2.46. The molecule has 2 aliphatic rings. The molecule has 1 aliphatic carbocycles. The monoisotopic (exact) mass is 337 g/mol. The number of piperidine rings is 1. The average Bonchev–Trinajstić information content (AvgIpc) is 2.81. The number of carboxylic acids is 1. The van der Waals surface area contributed by atoms with Gasteiger partial charge in [0.15, 0.2) is 0 Å². The maximum atomic E-state index is 11.8. The summed E-state index contributed by atoms with van der Waals surface area (Å²) in [6.45, 7) is 2.79. The summed E-state index contributed by atoms with van der Waals surface area (Å²) in [5.74, 6) is -0.678. The third kappa shape index (κ3) is 2.19. The van der Waals surface area contributed by atoms with Crippen LogP contribution < -0.4 is 0 Å². The van der Waals surface area contributed by atoms with Crippen LogP contribution in [0, 0.1) is 0 Å². The lowest BCUT2D eigenvalue weighted by molar-refractivity contribution is -0.155. The highest BCUT2D eigenvalue weighted by Crippen LogP contribution is 2.43. The molecule has 1 fully saturated rings. The first-order valence-electron chi connectivity index (χ1n) is 7.31. The molecule has 0 radical (unpaired) electrons. The molecule has 1 saturated heterocycles. The number of carbonyl (C=O) groups is 1. The average molecular weight is 338 g/mol. The predicted molar refractivity (Wildman–Crippen MR) is 81.8 cm³/mol. The molecule has 0 aromatic heterocycles. The summed E-state index contributed by atoms with van der Waals surface area (Å²) in [6.07, 6.45) is 4.95. The third-order valence-electron chi connectivity index (χ3n) is 4.93. The molecule has 1 heterocycles. The van der Waals surface area contributed by atoms with E-state index in [-0.39, 0.29) is 6.04 Å². The lowest BCUT2D eigenvalue weighted by Gasteiger charge is -2.45. The molecule has 20 heavy (non-hydrogen) atoms. The number of benzene rings is 1. The van der Waals surface area contributed by atoms with Gasteiger partial charge in [0, 0.05) is 10.5 Å². The molecule has 0 bridgehead atoms. The zero-order valence-corrected chi connectivity index (χ0v) is 13.3. The van der Waals surface area contributed by atoms with Crippen molar-refractivity contribution in [1.82, 2.24) is 4.90 Å². The number of fused-ring (bicyclic) bond motifs is 1. The molecular weight excluding hydrogens is 318 g/mol. The van der Waals surface area contributed by atoms with Crippen LogP contribution in [-0.4, -0.2) is 28.1 Å². The number of nitrogens with zero attached hydrogens (tertiary/aromatic N) is 1. The smallest absolute Gasteiger partial charge is 0.323 e. The largest absolute Gasteiger partial charge is 0.480 e. The summed E-state index contributed by atoms with van der Waals surface area (Å²) in [5.41, 5.74) is 1.97. The van der Waals surface area contributed by atoms with Crippen molar-refractivity contribution in [3.05, 3.63) is 33.8 Å². The molecule has 1 aromatic rings. The summed E-state index contributed by atoms with van der Waals surface area (Å²) in [4.78, 5) is 14.0. The van der Waals surface area contributed by atoms with E-state index in [0.717, 1.165) is 43.1 Å². The Morgan fingerprint density at radius 2 is 2.25 bits per heavy atom. The van der Waals surface area contributed by atoms with Crippen LogP contribution in [0.15, 0.2) is 22.7 Å². The molecule has 108 valence electrons. The zero-order valence-electron chi connectivity index (χ0n) is 11.7. The number of aryl methyl sites for hydroxylation is 1. The van der Waals surface area contributed by atoms with Crippen LogP contribution in [0.4, 0.5) is 0 Å². The Labute approximate surface area is 128 Å². The lowest BCUT2D eigenvalue weighted by atomic mass is 9.86. The van der Waals surface area contributed by atoms with Crippen molar-refractivity contribution < 1.29 is 9.90 Å². The van der Waals surface area contributed by atoms with Crippen molar-refractivity contribution in [3.8, 4) is 0 Å². The fourth-order valence-corrected chi connectivity index (χ4v) is 4.17. The van der Waals surface area contributed by atoms with Crippen molar-refractivity contribution in [1.29, 1.82) is 0 Å². The molecule has 3 rings (SSSR count). The Hall–Kier alpha value is -0.870. The minimum atomic E-state index is -0.711. The molecule has 0 saturated carbocycles. The van der Waals surface area contributed by atoms with Crippen LogP contribution in [0.5, 0.6) is 0 Å². The van der Waals surface area contributed by atoms with Crippen molar-refractivity contribution >= 4 is 21.9 Å². The Morgan fingerprint density at radius 1 is 1.45 bits per heavy atom. The number of rotatable bonds is 2. The van der Waals surface area contributed by atoms with E-state index in [9.17, 15) is 9.90 Å². The summed E-state index contributed by atoms with van der Waals surface area (Å²) in [7, 11) is 0. The van der Waals surface area contributed by atoms with Crippen LogP contribution >= 0.6 is 15.9 Å². The highest BCUT2D eigenvalue weighted by atomic mass is 79.9. The fourth-order valence-electron chi connectivity index (χ4n) is 3.76. The minimum absolute atomic E-state index is 0.263. The van der Waals surface area contributed by atoms with Gasteiger partial charge < -0.3 is 5.11 Å². The Morgan fingerprint density at radius 3 is 3.00 bits per heavy atom. The van der Waals surface area contributed by atoms with Crippen LogP contribution in [0.25, 0.3) is 0 Å². The molecule has 0 amide bonds. The molecule has 2 atom stereocenters. The van der Waals surface area contributed by atoms with Crippen LogP contribution in [0.1, 0.15) is 49.8 Å². The van der Waals surface area contributed by atoms with Gasteiger partial charge in [-0.05, 0) is 68.8 Å². The minimum Gasteiger partial charge on any atom is -0.480 e. The van der Waals surface area contributed by atoms with Crippen molar-refractivity contribution in [2.45, 2.75) is 50.6 Å². The van der Waals surface area contributed by atoms with E-state index in [1.54, 1.807) is 0 Å². The molecule has 1 N–H and O–H groups in total. The number of likely N-dealkylation sites (tertiary alicyclic amines) is 1. The number of halogens is 1. The van der Waals surface area contributed by atoms with Crippen molar-refractivity contribution in [3.63, 3.8) is 0 Å². The molecule has 0 spiro atoms. The maximum Gasteiger partial charge on any atom is 0.323 e. The van der Waals surface area contributed by atoms with E-state index in [1.165, 1.54) is 11.1 Å². The lowest BCUT2D eigenvalue weighted by Crippen LogP contribution is -2.55. The molecule has 1 aliphatic heterocycles. The molecular formula is C16H20BrNO2. The first kappa shape index (κ1) is 14.1. The standard InChI is InChI=1S/C16H20BrNO2/c1-16(15(19)20)8-2-3-9-18(16)14-7-4-11-10-12(17)5-6-13(11)14/h5-6,10,14H,2-4,7-9H2,1H3,(H,19,20). The number of carboxylic acid groups (broad SMARTS) is 1. The molecule has 1 aromatic carbocycles. The Bertz CT molecular complexity index is 545. The zero-order chi connectivity index (χ0) is 14.3. The first-order chi connectivity index (χ1) is 9.52.